The molecule has 0 radical (unpaired) electrons. The Bertz CT molecular complexity index is 530. The van der Waals surface area contributed by atoms with E-state index in [-0.39, 0.29) is 0 Å². The Morgan fingerprint density at radius 2 is 2.11 bits per heavy atom. The van der Waals surface area contributed by atoms with E-state index < -0.39 is 0 Å². The minimum Gasteiger partial charge on any atom is -0.383 e. The Morgan fingerprint density at radius 3 is 2.84 bits per heavy atom. The van der Waals surface area contributed by atoms with Gasteiger partial charge in [-0.25, -0.2) is 4.68 Å². The summed E-state index contributed by atoms with van der Waals surface area (Å²) < 4.78 is 1.82. The van der Waals surface area contributed by atoms with Crippen LogP contribution in [0.25, 0.3) is 5.69 Å². The normalized spacial score (nSPS) is 15.8. The van der Waals surface area contributed by atoms with Crippen LogP contribution >= 0.6 is 11.6 Å². The second kappa shape index (κ2) is 5.66. The summed E-state index contributed by atoms with van der Waals surface area (Å²) in [4.78, 5) is 0. The third kappa shape index (κ3) is 2.76. The third-order valence-corrected chi connectivity index (χ3v) is 4.08. The molecule has 2 aromatic rings. The van der Waals surface area contributed by atoms with E-state index in [4.69, 9.17) is 11.6 Å². The molecule has 100 valence electrons. The lowest BCUT2D eigenvalue weighted by Gasteiger charge is -2.16. The van der Waals surface area contributed by atoms with E-state index in [0.717, 1.165) is 28.9 Å². The lowest BCUT2D eigenvalue weighted by molar-refractivity contribution is 0.579. The molecule has 0 atom stereocenters. The zero-order valence-electron chi connectivity index (χ0n) is 10.8. The van der Waals surface area contributed by atoms with Crippen molar-refractivity contribution >= 4 is 17.3 Å². The second-order valence-electron chi connectivity index (χ2n) is 5.12. The van der Waals surface area contributed by atoms with Gasteiger partial charge in [0.05, 0.1) is 10.7 Å². The van der Waals surface area contributed by atoms with Crippen molar-refractivity contribution in [2.75, 3.05) is 11.9 Å². The van der Waals surface area contributed by atoms with E-state index in [2.05, 4.69) is 16.5 Å². The molecule has 0 bridgehead atoms. The van der Waals surface area contributed by atoms with Gasteiger partial charge in [0.2, 0.25) is 0 Å². The van der Waals surface area contributed by atoms with Crippen molar-refractivity contribution in [3.63, 3.8) is 0 Å². The molecule has 1 aromatic carbocycles. The van der Waals surface area contributed by atoms with E-state index in [1.54, 1.807) is 6.20 Å². The number of nitrogens with one attached hydrogen (secondary N) is 1. The molecule has 1 heterocycles. The molecular formula is C15H18ClN3. The maximum atomic E-state index is 6.32. The zero-order valence-corrected chi connectivity index (χ0v) is 11.6. The smallest absolute Gasteiger partial charge is 0.106 e. The summed E-state index contributed by atoms with van der Waals surface area (Å²) in [6.07, 6.45) is 9.10. The fourth-order valence-corrected chi connectivity index (χ4v) is 3.02. The number of nitrogens with zero attached hydrogens (tertiary/aromatic N) is 2. The van der Waals surface area contributed by atoms with Crippen LogP contribution in [0.3, 0.4) is 0 Å². The molecule has 3 nitrogen and oxygen atoms in total. The van der Waals surface area contributed by atoms with Gasteiger partial charge in [-0.2, -0.15) is 5.10 Å². The Hall–Kier alpha value is -1.48. The molecule has 0 aliphatic heterocycles. The summed E-state index contributed by atoms with van der Waals surface area (Å²) in [5, 5.41) is 8.54. The first-order valence-corrected chi connectivity index (χ1v) is 7.25. The van der Waals surface area contributed by atoms with Crippen LogP contribution in [-0.4, -0.2) is 16.3 Å². The van der Waals surface area contributed by atoms with E-state index in [9.17, 15) is 0 Å². The number of hydrogen-bond acceptors (Lipinski definition) is 2. The molecule has 1 fully saturated rings. The second-order valence-corrected chi connectivity index (χ2v) is 5.53. The Morgan fingerprint density at radius 1 is 1.26 bits per heavy atom. The average molecular weight is 276 g/mol. The lowest BCUT2D eigenvalue weighted by Crippen LogP contribution is -2.13. The monoisotopic (exact) mass is 275 g/mol. The molecule has 0 saturated heterocycles. The van der Waals surface area contributed by atoms with Crippen molar-refractivity contribution in [1.82, 2.24) is 9.78 Å². The summed E-state index contributed by atoms with van der Waals surface area (Å²) in [7, 11) is 0. The maximum absolute atomic E-state index is 6.32. The van der Waals surface area contributed by atoms with Gasteiger partial charge in [-0.05, 0) is 37.0 Å². The average Bonchev–Trinajstić information content (AvgIpc) is 3.09. The number of halogens is 1. The summed E-state index contributed by atoms with van der Waals surface area (Å²) in [6, 6.07) is 7.85. The van der Waals surface area contributed by atoms with Crippen LogP contribution in [0.2, 0.25) is 5.02 Å². The predicted molar refractivity (Wildman–Crippen MR) is 79.0 cm³/mol. The molecule has 19 heavy (non-hydrogen) atoms. The number of benzene rings is 1. The van der Waals surface area contributed by atoms with Crippen molar-refractivity contribution in [2.24, 2.45) is 5.92 Å². The molecule has 1 N–H and O–H groups in total. The fraction of sp³-hybridized carbons (Fsp3) is 0.400. The van der Waals surface area contributed by atoms with E-state index in [0.29, 0.717) is 0 Å². The van der Waals surface area contributed by atoms with Crippen LogP contribution in [0.1, 0.15) is 25.7 Å². The highest BCUT2D eigenvalue weighted by molar-refractivity contribution is 6.33. The minimum atomic E-state index is 0.722. The van der Waals surface area contributed by atoms with Gasteiger partial charge in [-0.3, -0.25) is 0 Å². The Labute approximate surface area is 118 Å². The first-order valence-electron chi connectivity index (χ1n) is 6.87. The molecule has 1 saturated carbocycles. The van der Waals surface area contributed by atoms with Gasteiger partial charge in [0.1, 0.15) is 5.69 Å². The van der Waals surface area contributed by atoms with Crippen LogP contribution in [0.4, 0.5) is 5.69 Å². The Balaban J connectivity index is 1.82. The highest BCUT2D eigenvalue weighted by atomic mass is 35.5. The van der Waals surface area contributed by atoms with E-state index >= 15 is 0 Å². The number of hydrogen-bond donors (Lipinski definition) is 1. The number of anilines is 1. The number of aromatic nitrogens is 2. The van der Waals surface area contributed by atoms with Gasteiger partial charge in [0, 0.05) is 18.9 Å². The molecule has 1 aliphatic rings. The van der Waals surface area contributed by atoms with Gasteiger partial charge in [0.15, 0.2) is 0 Å². The van der Waals surface area contributed by atoms with Gasteiger partial charge in [0.25, 0.3) is 0 Å². The van der Waals surface area contributed by atoms with Gasteiger partial charge < -0.3 is 5.32 Å². The van der Waals surface area contributed by atoms with E-state index in [1.807, 2.05) is 29.1 Å². The topological polar surface area (TPSA) is 29.9 Å². The standard InChI is InChI=1S/C15H18ClN3/c16-13-7-3-8-14(15(13)19-10-4-9-18-19)17-11-12-5-1-2-6-12/h3-4,7-10,12,17H,1-2,5-6,11H2. The summed E-state index contributed by atoms with van der Waals surface area (Å²) >= 11 is 6.32. The van der Waals surface area contributed by atoms with Crippen LogP contribution in [-0.2, 0) is 0 Å². The summed E-state index contributed by atoms with van der Waals surface area (Å²) in [5.74, 6) is 0.796. The van der Waals surface area contributed by atoms with Crippen molar-refractivity contribution in [1.29, 1.82) is 0 Å². The molecule has 1 aliphatic carbocycles. The van der Waals surface area contributed by atoms with Crippen molar-refractivity contribution in [3.8, 4) is 5.69 Å². The van der Waals surface area contributed by atoms with Crippen molar-refractivity contribution < 1.29 is 0 Å². The van der Waals surface area contributed by atoms with Crippen LogP contribution in [0.5, 0.6) is 0 Å². The number of rotatable bonds is 4. The van der Waals surface area contributed by atoms with Crippen LogP contribution in [0.15, 0.2) is 36.7 Å². The third-order valence-electron chi connectivity index (χ3n) is 3.78. The molecule has 4 heteroatoms. The largest absolute Gasteiger partial charge is 0.383 e. The first-order chi connectivity index (χ1) is 9.34. The molecule has 3 rings (SSSR count). The number of para-hydroxylation sites is 1. The van der Waals surface area contributed by atoms with Gasteiger partial charge in [-0.15, -0.1) is 0 Å². The van der Waals surface area contributed by atoms with Crippen LogP contribution in [0, 0.1) is 5.92 Å². The molecule has 0 spiro atoms. The highest BCUT2D eigenvalue weighted by Gasteiger charge is 2.16. The van der Waals surface area contributed by atoms with E-state index in [1.165, 1.54) is 25.7 Å². The lowest BCUT2D eigenvalue weighted by atomic mass is 10.1. The molecule has 0 amide bonds. The highest BCUT2D eigenvalue weighted by Crippen LogP contribution is 2.30. The zero-order chi connectivity index (χ0) is 13.1. The van der Waals surface area contributed by atoms with Gasteiger partial charge >= 0.3 is 0 Å². The fourth-order valence-electron chi connectivity index (χ4n) is 2.76. The SMILES string of the molecule is Clc1cccc(NCC2CCCC2)c1-n1cccn1. The summed E-state index contributed by atoms with van der Waals surface area (Å²) in [5.41, 5.74) is 2.00. The maximum Gasteiger partial charge on any atom is 0.106 e. The first kappa shape index (κ1) is 12.5. The van der Waals surface area contributed by atoms with Crippen molar-refractivity contribution in [2.45, 2.75) is 25.7 Å². The van der Waals surface area contributed by atoms with Crippen LogP contribution < -0.4 is 5.32 Å². The van der Waals surface area contributed by atoms with Crippen molar-refractivity contribution in [3.05, 3.63) is 41.7 Å². The van der Waals surface area contributed by atoms with Gasteiger partial charge in [-0.1, -0.05) is 30.5 Å². The summed E-state index contributed by atoms with van der Waals surface area (Å²) in [6.45, 7) is 1.02. The Kier molecular flexibility index (Phi) is 3.74. The minimum absolute atomic E-state index is 0.722. The molecular weight excluding hydrogens is 258 g/mol. The quantitative estimate of drug-likeness (QED) is 0.909. The molecule has 0 unspecified atom stereocenters. The molecule has 1 aromatic heterocycles. The predicted octanol–water partition coefficient (Wildman–Crippen LogP) is 4.13.